The van der Waals surface area contributed by atoms with Crippen molar-refractivity contribution in [3.8, 4) is 11.1 Å². The summed E-state index contributed by atoms with van der Waals surface area (Å²) in [5, 5.41) is 8.02. The van der Waals surface area contributed by atoms with E-state index in [9.17, 15) is 12.8 Å². The van der Waals surface area contributed by atoms with Gasteiger partial charge in [0.2, 0.25) is 0 Å². The number of aromatic nitrogens is 4. The molecule has 0 atom stereocenters. The number of benzene rings is 1. The van der Waals surface area contributed by atoms with Crippen LogP contribution in [0.3, 0.4) is 0 Å². The third-order valence-corrected chi connectivity index (χ3v) is 5.63. The van der Waals surface area contributed by atoms with Gasteiger partial charge in [0.1, 0.15) is 17.4 Å². The predicted molar refractivity (Wildman–Crippen MR) is 99.9 cm³/mol. The minimum Gasteiger partial charge on any atom is -0.361 e. The van der Waals surface area contributed by atoms with E-state index in [1.54, 1.807) is 26.8 Å². The zero-order valence-electron chi connectivity index (χ0n) is 15.3. The minimum atomic E-state index is -4.04. The Morgan fingerprint density at radius 2 is 1.93 bits per heavy atom. The molecule has 0 saturated heterocycles. The third-order valence-electron chi connectivity index (χ3n) is 4.27. The molecule has 8 nitrogen and oxygen atoms in total. The number of nitrogens with zero attached hydrogens (tertiary/aromatic N) is 4. The van der Waals surface area contributed by atoms with Crippen molar-refractivity contribution in [1.82, 2.24) is 19.8 Å². The molecule has 4 rings (SSSR count). The lowest BCUT2D eigenvalue weighted by molar-refractivity contribution is 0.393. The Kier molecular flexibility index (Phi) is 4.15. The fourth-order valence-corrected chi connectivity index (χ4v) is 4.07. The number of fused-ring (bicyclic) bond motifs is 1. The molecule has 3 aromatic heterocycles. The maximum absolute atomic E-state index is 14.7. The number of anilines is 1. The predicted octanol–water partition coefficient (Wildman–Crippen LogP) is 3.25. The summed E-state index contributed by atoms with van der Waals surface area (Å²) in [5.41, 5.74) is 2.45. The SMILES string of the molecule is Cc1cc2nccc(NS(=O)(=O)c3ccc(-c4c(C)noc4C)c(F)c3)n2n1. The van der Waals surface area contributed by atoms with Crippen LogP contribution in [0.5, 0.6) is 0 Å². The first-order valence-corrected chi connectivity index (χ1v) is 9.81. The lowest BCUT2D eigenvalue weighted by Gasteiger charge is -2.10. The Bertz CT molecular complexity index is 1290. The van der Waals surface area contributed by atoms with Crippen molar-refractivity contribution < 1.29 is 17.3 Å². The fourth-order valence-electron chi connectivity index (χ4n) is 3.02. The maximum Gasteiger partial charge on any atom is 0.263 e. The molecule has 0 aliphatic heterocycles. The first kappa shape index (κ1) is 18.1. The molecule has 1 aromatic carbocycles. The average Bonchev–Trinajstić information content (AvgIpc) is 3.17. The van der Waals surface area contributed by atoms with Crippen molar-refractivity contribution in [2.75, 3.05) is 4.72 Å². The van der Waals surface area contributed by atoms with Gasteiger partial charge in [0, 0.05) is 17.8 Å². The molecule has 0 amide bonds. The Morgan fingerprint density at radius 3 is 2.61 bits per heavy atom. The van der Waals surface area contributed by atoms with Crippen molar-refractivity contribution in [2.24, 2.45) is 0 Å². The molecule has 0 radical (unpaired) electrons. The largest absolute Gasteiger partial charge is 0.361 e. The third kappa shape index (κ3) is 3.01. The van der Waals surface area contributed by atoms with Crippen LogP contribution in [0.15, 0.2) is 45.9 Å². The topological polar surface area (TPSA) is 102 Å². The smallest absolute Gasteiger partial charge is 0.263 e. The van der Waals surface area contributed by atoms with Crippen LogP contribution < -0.4 is 4.72 Å². The number of halogens is 1. The van der Waals surface area contributed by atoms with Crippen LogP contribution in [0, 0.1) is 26.6 Å². The first-order valence-electron chi connectivity index (χ1n) is 8.33. The molecule has 28 heavy (non-hydrogen) atoms. The van der Waals surface area contributed by atoms with Gasteiger partial charge >= 0.3 is 0 Å². The maximum atomic E-state index is 14.7. The molecule has 0 unspecified atom stereocenters. The van der Waals surface area contributed by atoms with Crippen LogP contribution in [-0.4, -0.2) is 28.2 Å². The zero-order valence-corrected chi connectivity index (χ0v) is 16.1. The molecule has 0 fully saturated rings. The summed E-state index contributed by atoms with van der Waals surface area (Å²) in [6, 6.07) is 6.90. The molecular weight excluding hydrogens is 385 g/mol. The highest BCUT2D eigenvalue weighted by atomic mass is 32.2. The van der Waals surface area contributed by atoms with E-state index >= 15 is 0 Å². The number of sulfonamides is 1. The Morgan fingerprint density at radius 1 is 1.14 bits per heavy atom. The summed E-state index contributed by atoms with van der Waals surface area (Å²) in [7, 11) is -4.04. The van der Waals surface area contributed by atoms with Gasteiger partial charge in [-0.15, -0.1) is 0 Å². The molecule has 0 bridgehead atoms. The van der Waals surface area contributed by atoms with Gasteiger partial charge in [0.15, 0.2) is 5.65 Å². The molecule has 4 aromatic rings. The summed E-state index contributed by atoms with van der Waals surface area (Å²) >= 11 is 0. The minimum absolute atomic E-state index is 0.202. The van der Waals surface area contributed by atoms with Gasteiger partial charge in [0.05, 0.1) is 21.8 Å². The normalized spacial score (nSPS) is 11.9. The van der Waals surface area contributed by atoms with Gasteiger partial charge in [-0.3, -0.25) is 4.72 Å². The molecule has 0 spiro atoms. The van der Waals surface area contributed by atoms with Crippen molar-refractivity contribution in [1.29, 1.82) is 0 Å². The molecule has 144 valence electrons. The lowest BCUT2D eigenvalue weighted by atomic mass is 10.0. The lowest BCUT2D eigenvalue weighted by Crippen LogP contribution is -2.16. The van der Waals surface area contributed by atoms with E-state index in [0.29, 0.717) is 28.4 Å². The standard InChI is InChI=1S/C18H16FN5O3S/c1-10-8-17-20-7-6-16(24(17)21-10)23-28(25,26)13-4-5-14(15(19)9-13)18-11(2)22-27-12(18)3/h4-9,23H,1-3H3. The number of hydrogen-bond donors (Lipinski definition) is 1. The Labute approximate surface area is 160 Å². The van der Waals surface area contributed by atoms with E-state index in [0.717, 1.165) is 6.07 Å². The average molecular weight is 401 g/mol. The molecule has 0 saturated carbocycles. The molecule has 0 aliphatic rings. The van der Waals surface area contributed by atoms with Crippen LogP contribution in [0.1, 0.15) is 17.1 Å². The van der Waals surface area contributed by atoms with Crippen LogP contribution >= 0.6 is 0 Å². The van der Waals surface area contributed by atoms with Gasteiger partial charge in [-0.2, -0.15) is 9.61 Å². The highest BCUT2D eigenvalue weighted by molar-refractivity contribution is 7.92. The molecule has 1 N–H and O–H groups in total. The van der Waals surface area contributed by atoms with Crippen molar-refractivity contribution in [3.05, 3.63) is 59.5 Å². The summed E-state index contributed by atoms with van der Waals surface area (Å²) in [4.78, 5) is 3.91. The van der Waals surface area contributed by atoms with Crippen molar-refractivity contribution >= 4 is 21.5 Å². The van der Waals surface area contributed by atoms with Crippen LogP contribution in [-0.2, 0) is 10.0 Å². The molecule has 3 heterocycles. The van der Waals surface area contributed by atoms with Gasteiger partial charge < -0.3 is 4.52 Å². The van der Waals surface area contributed by atoms with E-state index in [1.165, 1.54) is 28.9 Å². The van der Waals surface area contributed by atoms with E-state index < -0.39 is 15.8 Å². The summed E-state index contributed by atoms with van der Waals surface area (Å²) < 4.78 is 49.1. The number of nitrogens with one attached hydrogen (secondary N) is 1. The summed E-state index contributed by atoms with van der Waals surface area (Å²) in [5.74, 6) is -0.0289. The summed E-state index contributed by atoms with van der Waals surface area (Å²) in [6.07, 6.45) is 1.47. The monoisotopic (exact) mass is 401 g/mol. The van der Waals surface area contributed by atoms with Gasteiger partial charge in [-0.1, -0.05) is 5.16 Å². The second-order valence-electron chi connectivity index (χ2n) is 6.33. The van der Waals surface area contributed by atoms with Gasteiger partial charge in [-0.25, -0.2) is 17.8 Å². The number of rotatable bonds is 4. The van der Waals surface area contributed by atoms with Gasteiger partial charge in [0.25, 0.3) is 10.0 Å². The van der Waals surface area contributed by atoms with Crippen LogP contribution in [0.2, 0.25) is 0 Å². The van der Waals surface area contributed by atoms with E-state index in [2.05, 4.69) is 20.0 Å². The zero-order chi connectivity index (χ0) is 20.1. The number of aryl methyl sites for hydroxylation is 3. The van der Waals surface area contributed by atoms with E-state index in [1.807, 2.05) is 0 Å². The first-order chi connectivity index (χ1) is 13.3. The summed E-state index contributed by atoms with van der Waals surface area (Å²) in [6.45, 7) is 5.13. The van der Waals surface area contributed by atoms with E-state index in [4.69, 9.17) is 4.52 Å². The van der Waals surface area contributed by atoms with Crippen molar-refractivity contribution in [3.63, 3.8) is 0 Å². The second-order valence-corrected chi connectivity index (χ2v) is 8.01. The highest BCUT2D eigenvalue weighted by Crippen LogP contribution is 2.30. The van der Waals surface area contributed by atoms with Crippen LogP contribution in [0.25, 0.3) is 16.8 Å². The van der Waals surface area contributed by atoms with E-state index in [-0.39, 0.29) is 16.3 Å². The Hall–Kier alpha value is -3.27. The van der Waals surface area contributed by atoms with Crippen LogP contribution in [0.4, 0.5) is 10.2 Å². The highest BCUT2D eigenvalue weighted by Gasteiger charge is 2.21. The number of hydrogen-bond acceptors (Lipinski definition) is 6. The molecular formula is C18H16FN5O3S. The quantitative estimate of drug-likeness (QED) is 0.563. The second kappa shape index (κ2) is 6.41. The van der Waals surface area contributed by atoms with Gasteiger partial charge in [-0.05, 0) is 45.0 Å². The molecule has 0 aliphatic carbocycles. The van der Waals surface area contributed by atoms with Crippen molar-refractivity contribution in [2.45, 2.75) is 25.7 Å². The molecule has 10 heteroatoms. The fraction of sp³-hybridized carbons (Fsp3) is 0.167. The Balaban J connectivity index is 1.73.